The quantitative estimate of drug-likeness (QED) is 0.285. The second-order valence-electron chi connectivity index (χ2n) is 6.89. The maximum absolute atomic E-state index is 10.2. The smallest absolute Gasteiger partial charge is 0.229 e. The number of aliphatic hydroxyl groups is 6. The van der Waals surface area contributed by atoms with Crippen molar-refractivity contribution in [2.24, 2.45) is 0 Å². The van der Waals surface area contributed by atoms with Crippen LogP contribution in [0.2, 0.25) is 0 Å². The molecule has 0 radical (unpaired) electrons. The lowest BCUT2D eigenvalue weighted by molar-refractivity contribution is -0.307. The molecule has 11 nitrogen and oxygen atoms in total. The molecule has 9 atom stereocenters. The molecule has 0 unspecified atom stereocenters. The Kier molecular flexibility index (Phi) is 7.27. The van der Waals surface area contributed by atoms with Crippen molar-refractivity contribution in [2.45, 2.75) is 55.3 Å². The van der Waals surface area contributed by atoms with E-state index in [1.807, 2.05) is 0 Å². The fraction of sp³-hybridized carbons (Fsp3) is 0.667. The van der Waals surface area contributed by atoms with Crippen molar-refractivity contribution >= 4 is 0 Å². The molecule has 0 saturated carbocycles. The van der Waals surface area contributed by atoms with Gasteiger partial charge in [0, 0.05) is 0 Å². The fourth-order valence-electron chi connectivity index (χ4n) is 3.06. The normalized spacial score (nSPS) is 40.4. The van der Waals surface area contributed by atoms with E-state index in [9.17, 15) is 30.6 Å². The summed E-state index contributed by atoms with van der Waals surface area (Å²) < 4.78 is 26.6. The Morgan fingerprint density at radius 2 is 1.45 bits per heavy atom. The molecule has 29 heavy (non-hydrogen) atoms. The molecule has 2 heterocycles. The van der Waals surface area contributed by atoms with Crippen LogP contribution in [0.5, 0.6) is 11.5 Å². The molecule has 6 N–H and O–H groups in total. The number of ether oxygens (including phenoxy) is 5. The Labute approximate surface area is 166 Å². The highest BCUT2D eigenvalue weighted by molar-refractivity contribution is 5.31. The van der Waals surface area contributed by atoms with Crippen molar-refractivity contribution in [3.8, 4) is 11.5 Å². The summed E-state index contributed by atoms with van der Waals surface area (Å²) in [5.74, 6) is 0.934. The molecule has 11 heteroatoms. The van der Waals surface area contributed by atoms with Gasteiger partial charge in [-0.2, -0.15) is 0 Å². The minimum Gasteiger partial charge on any atom is -0.497 e. The lowest BCUT2D eigenvalue weighted by Gasteiger charge is -2.41. The molecule has 0 spiro atoms. The van der Waals surface area contributed by atoms with Crippen molar-refractivity contribution in [1.29, 1.82) is 0 Å². The van der Waals surface area contributed by atoms with Gasteiger partial charge in [-0.25, -0.2) is 0 Å². The average Bonchev–Trinajstić information content (AvgIpc) is 2.73. The first-order valence-corrected chi connectivity index (χ1v) is 9.09. The lowest BCUT2D eigenvalue weighted by atomic mass is 9.99. The second-order valence-corrected chi connectivity index (χ2v) is 6.89. The first-order chi connectivity index (χ1) is 13.8. The summed E-state index contributed by atoms with van der Waals surface area (Å²) >= 11 is 0. The zero-order chi connectivity index (χ0) is 21.1. The Balaban J connectivity index is 1.61. The van der Waals surface area contributed by atoms with Crippen LogP contribution in [0.3, 0.4) is 0 Å². The van der Waals surface area contributed by atoms with Crippen LogP contribution in [0.25, 0.3) is 0 Å². The van der Waals surface area contributed by atoms with Crippen LogP contribution in [0, 0.1) is 0 Å². The largest absolute Gasteiger partial charge is 0.497 e. The minimum absolute atomic E-state index is 0.248. The highest BCUT2D eigenvalue weighted by Crippen LogP contribution is 2.26. The molecule has 2 aliphatic rings. The molecule has 0 aromatic heterocycles. The van der Waals surface area contributed by atoms with Crippen LogP contribution in [-0.4, -0.2) is 106 Å². The molecule has 1 aromatic carbocycles. The molecular weight excluding hydrogens is 392 g/mol. The molecule has 1 aromatic rings. The Morgan fingerprint density at radius 3 is 2.10 bits per heavy atom. The van der Waals surface area contributed by atoms with Crippen LogP contribution in [0.4, 0.5) is 0 Å². The van der Waals surface area contributed by atoms with E-state index >= 15 is 0 Å². The minimum atomic E-state index is -1.58. The number of rotatable bonds is 6. The summed E-state index contributed by atoms with van der Waals surface area (Å²) in [6.07, 6.45) is -12.5. The van der Waals surface area contributed by atoms with E-state index in [1.165, 1.54) is 7.11 Å². The van der Waals surface area contributed by atoms with Gasteiger partial charge in [-0.15, -0.1) is 0 Å². The summed E-state index contributed by atoms with van der Waals surface area (Å²) in [5, 5.41) is 59.5. The standard InChI is InChI=1S/C18H26O11/c1-25-8-2-4-9(5-3-8)28-18-16(24)14(22)13(21)11(29-18)7-27-17-15(23)12(20)10(19)6-26-17/h2-5,10-24H,6-7H2,1H3/t10-,11-,12+,13-,14+,15-,16-,17+,18-/m1/s1. The van der Waals surface area contributed by atoms with Crippen molar-refractivity contribution in [2.75, 3.05) is 20.3 Å². The highest BCUT2D eigenvalue weighted by atomic mass is 16.7. The SMILES string of the molecule is COc1ccc(O[C@@H]2O[C@H](CO[C@@H]3OC[C@@H](O)[C@H](O)[C@H]3O)[C@@H](O)[C@H](O)[C@H]2O)cc1. The third-order valence-corrected chi connectivity index (χ3v) is 4.86. The highest BCUT2D eigenvalue weighted by Gasteiger charge is 2.46. The van der Waals surface area contributed by atoms with E-state index in [-0.39, 0.29) is 13.2 Å². The third-order valence-electron chi connectivity index (χ3n) is 4.86. The maximum Gasteiger partial charge on any atom is 0.229 e. The summed E-state index contributed by atoms with van der Waals surface area (Å²) in [5.41, 5.74) is 0. The van der Waals surface area contributed by atoms with E-state index in [1.54, 1.807) is 24.3 Å². The van der Waals surface area contributed by atoms with Crippen LogP contribution < -0.4 is 9.47 Å². The van der Waals surface area contributed by atoms with E-state index in [0.717, 1.165) is 0 Å². The Bertz CT molecular complexity index is 641. The van der Waals surface area contributed by atoms with Crippen molar-refractivity contribution < 1.29 is 54.3 Å². The molecule has 2 aliphatic heterocycles. The zero-order valence-electron chi connectivity index (χ0n) is 15.6. The number of hydrogen-bond donors (Lipinski definition) is 6. The number of benzene rings is 1. The van der Waals surface area contributed by atoms with Crippen LogP contribution in [0.15, 0.2) is 24.3 Å². The average molecular weight is 418 g/mol. The third kappa shape index (κ3) is 4.97. The Hall–Kier alpha value is -1.54. The number of methoxy groups -OCH3 is 1. The van der Waals surface area contributed by atoms with Gasteiger partial charge in [0.25, 0.3) is 0 Å². The number of aliphatic hydroxyl groups excluding tert-OH is 6. The summed E-state index contributed by atoms with van der Waals surface area (Å²) in [4.78, 5) is 0. The first kappa shape index (κ1) is 22.2. The predicted molar refractivity (Wildman–Crippen MR) is 94.0 cm³/mol. The molecule has 0 aliphatic carbocycles. The van der Waals surface area contributed by atoms with Gasteiger partial charge in [-0.3, -0.25) is 0 Å². The monoisotopic (exact) mass is 418 g/mol. The molecule has 3 rings (SSSR count). The fourth-order valence-corrected chi connectivity index (χ4v) is 3.06. The van der Waals surface area contributed by atoms with Crippen LogP contribution >= 0.6 is 0 Å². The molecule has 0 bridgehead atoms. The molecule has 2 fully saturated rings. The predicted octanol–water partition coefficient (Wildman–Crippen LogP) is -2.66. The lowest BCUT2D eigenvalue weighted by Crippen LogP contribution is -2.61. The molecule has 164 valence electrons. The Morgan fingerprint density at radius 1 is 0.828 bits per heavy atom. The van der Waals surface area contributed by atoms with Gasteiger partial charge >= 0.3 is 0 Å². The van der Waals surface area contributed by atoms with Gasteiger partial charge in [0.15, 0.2) is 6.29 Å². The van der Waals surface area contributed by atoms with Gasteiger partial charge in [0.2, 0.25) is 6.29 Å². The van der Waals surface area contributed by atoms with Crippen molar-refractivity contribution in [1.82, 2.24) is 0 Å². The summed E-state index contributed by atoms with van der Waals surface area (Å²) in [7, 11) is 1.51. The van der Waals surface area contributed by atoms with Gasteiger partial charge in [-0.1, -0.05) is 0 Å². The van der Waals surface area contributed by atoms with Gasteiger partial charge in [0.05, 0.1) is 20.3 Å². The molecule has 2 saturated heterocycles. The molecular formula is C18H26O11. The van der Waals surface area contributed by atoms with E-state index in [4.69, 9.17) is 23.7 Å². The van der Waals surface area contributed by atoms with Crippen LogP contribution in [-0.2, 0) is 14.2 Å². The van der Waals surface area contributed by atoms with Gasteiger partial charge < -0.3 is 54.3 Å². The first-order valence-electron chi connectivity index (χ1n) is 9.09. The zero-order valence-corrected chi connectivity index (χ0v) is 15.6. The maximum atomic E-state index is 10.2. The second kappa shape index (κ2) is 9.51. The van der Waals surface area contributed by atoms with E-state index in [0.29, 0.717) is 11.5 Å². The van der Waals surface area contributed by atoms with Crippen molar-refractivity contribution in [3.63, 3.8) is 0 Å². The summed E-state index contributed by atoms with van der Waals surface area (Å²) in [6, 6.07) is 6.43. The topological polar surface area (TPSA) is 168 Å². The van der Waals surface area contributed by atoms with E-state index in [2.05, 4.69) is 0 Å². The van der Waals surface area contributed by atoms with E-state index < -0.39 is 55.3 Å². The van der Waals surface area contributed by atoms with Crippen molar-refractivity contribution in [3.05, 3.63) is 24.3 Å². The van der Waals surface area contributed by atoms with Gasteiger partial charge in [-0.05, 0) is 24.3 Å². The molecule has 0 amide bonds. The number of hydrogen-bond acceptors (Lipinski definition) is 11. The van der Waals surface area contributed by atoms with Crippen LogP contribution in [0.1, 0.15) is 0 Å². The summed E-state index contributed by atoms with van der Waals surface area (Å²) in [6.45, 7) is -0.598. The van der Waals surface area contributed by atoms with Gasteiger partial charge in [0.1, 0.15) is 54.2 Å².